The van der Waals surface area contributed by atoms with Crippen LogP contribution in [0.25, 0.3) is 22.3 Å². The fourth-order valence-electron chi connectivity index (χ4n) is 1.97. The Labute approximate surface area is 108 Å². The quantitative estimate of drug-likeness (QED) is 0.750. The molecule has 0 amide bonds. The fourth-order valence-corrected chi connectivity index (χ4v) is 1.97. The van der Waals surface area contributed by atoms with E-state index in [1.54, 1.807) is 49.3 Å². The Balaban J connectivity index is 2.18. The maximum Gasteiger partial charge on any atom is 0.219 e. The van der Waals surface area contributed by atoms with Gasteiger partial charge in [0.1, 0.15) is 11.4 Å². The van der Waals surface area contributed by atoms with Gasteiger partial charge in [0.2, 0.25) is 5.43 Å². The van der Waals surface area contributed by atoms with Gasteiger partial charge in [-0.1, -0.05) is 0 Å². The smallest absolute Gasteiger partial charge is 0.219 e. The van der Waals surface area contributed by atoms with Gasteiger partial charge < -0.3 is 4.74 Å². The molecule has 0 fully saturated rings. The summed E-state index contributed by atoms with van der Waals surface area (Å²) in [6.07, 6.45) is 1.68. The number of nitrogens with one attached hydrogen (secondary N) is 1. The first-order valence-electron chi connectivity index (χ1n) is 5.75. The molecule has 1 aromatic carbocycles. The molecule has 0 unspecified atom stereocenters. The van der Waals surface area contributed by atoms with Crippen molar-refractivity contribution in [2.45, 2.75) is 0 Å². The number of aromatic amines is 1. The van der Waals surface area contributed by atoms with Crippen LogP contribution in [-0.2, 0) is 7.05 Å². The zero-order valence-electron chi connectivity index (χ0n) is 10.5. The van der Waals surface area contributed by atoms with Gasteiger partial charge in [-0.2, -0.15) is 10.2 Å². The minimum Gasteiger partial charge on any atom is -0.497 e. The van der Waals surface area contributed by atoms with E-state index in [0.717, 1.165) is 11.3 Å². The van der Waals surface area contributed by atoms with Crippen LogP contribution in [-0.4, -0.2) is 27.1 Å². The Kier molecular flexibility index (Phi) is 2.56. The number of aryl methyl sites for hydroxylation is 1. The van der Waals surface area contributed by atoms with E-state index in [2.05, 4.69) is 15.3 Å². The Morgan fingerprint density at radius 3 is 2.68 bits per heavy atom. The van der Waals surface area contributed by atoms with Gasteiger partial charge in [-0.3, -0.25) is 14.6 Å². The topological polar surface area (TPSA) is 72.8 Å². The van der Waals surface area contributed by atoms with Crippen molar-refractivity contribution in [1.82, 2.24) is 20.0 Å². The number of methoxy groups -OCH3 is 1. The number of hydrogen-bond donors (Lipinski definition) is 1. The summed E-state index contributed by atoms with van der Waals surface area (Å²) >= 11 is 0. The lowest BCUT2D eigenvalue weighted by atomic mass is 10.1. The van der Waals surface area contributed by atoms with E-state index < -0.39 is 0 Å². The molecule has 96 valence electrons. The van der Waals surface area contributed by atoms with E-state index in [1.165, 1.54) is 0 Å². The third-order valence-electron chi connectivity index (χ3n) is 2.93. The van der Waals surface area contributed by atoms with Crippen molar-refractivity contribution in [2.24, 2.45) is 7.05 Å². The van der Waals surface area contributed by atoms with E-state index in [4.69, 9.17) is 4.74 Å². The normalized spacial score (nSPS) is 10.8. The van der Waals surface area contributed by atoms with Crippen molar-refractivity contribution in [2.75, 3.05) is 7.11 Å². The molecule has 3 aromatic rings. The van der Waals surface area contributed by atoms with Crippen molar-refractivity contribution in [3.63, 3.8) is 0 Å². The predicted molar refractivity (Wildman–Crippen MR) is 71.1 cm³/mol. The lowest BCUT2D eigenvalue weighted by Crippen LogP contribution is -2.08. The molecule has 0 saturated carbocycles. The summed E-state index contributed by atoms with van der Waals surface area (Å²) in [6, 6.07) is 7.20. The largest absolute Gasteiger partial charge is 0.497 e. The lowest BCUT2D eigenvalue weighted by molar-refractivity contribution is 0.415. The number of fused-ring (bicyclic) bond motifs is 1. The van der Waals surface area contributed by atoms with Crippen LogP contribution in [0.4, 0.5) is 0 Å². The molecule has 0 bridgehead atoms. The standard InChI is InChI=1S/C13H12N4O2/c1-17-7-10-12(18)11(14-15-13(10)16-17)8-3-5-9(19-2)6-4-8/h3-7H,1-2H3,(H,15,16). The highest BCUT2D eigenvalue weighted by Crippen LogP contribution is 2.18. The molecule has 0 aliphatic heterocycles. The number of nitrogens with zero attached hydrogens (tertiary/aromatic N) is 3. The molecular weight excluding hydrogens is 244 g/mol. The van der Waals surface area contributed by atoms with Crippen molar-refractivity contribution >= 4 is 11.0 Å². The van der Waals surface area contributed by atoms with Gasteiger partial charge in [-0.25, -0.2) is 0 Å². The average Bonchev–Trinajstić information content (AvgIpc) is 2.81. The lowest BCUT2D eigenvalue weighted by Gasteiger charge is -2.02. The summed E-state index contributed by atoms with van der Waals surface area (Å²) in [4.78, 5) is 12.3. The molecule has 0 atom stereocenters. The number of hydrogen-bond acceptors (Lipinski definition) is 4. The first kappa shape index (κ1) is 11.5. The molecule has 6 nitrogen and oxygen atoms in total. The van der Waals surface area contributed by atoms with Gasteiger partial charge in [-0.15, -0.1) is 0 Å². The maximum atomic E-state index is 12.3. The molecule has 2 aromatic heterocycles. The summed E-state index contributed by atoms with van der Waals surface area (Å²) in [5.74, 6) is 0.739. The molecule has 6 heteroatoms. The molecule has 19 heavy (non-hydrogen) atoms. The monoisotopic (exact) mass is 256 g/mol. The molecule has 0 radical (unpaired) electrons. The van der Waals surface area contributed by atoms with Gasteiger partial charge in [0, 0.05) is 18.8 Å². The zero-order valence-corrected chi connectivity index (χ0v) is 10.5. The second-order valence-electron chi connectivity index (χ2n) is 4.19. The van der Waals surface area contributed by atoms with Crippen molar-refractivity contribution in [1.29, 1.82) is 0 Å². The van der Waals surface area contributed by atoms with E-state index in [1.807, 2.05) is 0 Å². The van der Waals surface area contributed by atoms with Crippen LogP contribution in [0.2, 0.25) is 0 Å². The van der Waals surface area contributed by atoms with Gasteiger partial charge in [0.25, 0.3) is 0 Å². The van der Waals surface area contributed by atoms with Crippen LogP contribution in [0.5, 0.6) is 5.75 Å². The van der Waals surface area contributed by atoms with Crippen LogP contribution >= 0.6 is 0 Å². The van der Waals surface area contributed by atoms with Crippen molar-refractivity contribution in [3.8, 4) is 17.0 Å². The Hall–Kier alpha value is -2.63. The molecule has 3 rings (SSSR count). The highest BCUT2D eigenvalue weighted by atomic mass is 16.5. The second-order valence-corrected chi connectivity index (χ2v) is 4.19. The van der Waals surface area contributed by atoms with E-state index in [-0.39, 0.29) is 5.43 Å². The minimum absolute atomic E-state index is 0.132. The molecule has 2 heterocycles. The highest BCUT2D eigenvalue weighted by molar-refractivity contribution is 5.78. The SMILES string of the molecule is COc1ccc(-c2n[nH]c3nn(C)cc3c2=O)cc1. The molecular formula is C13H12N4O2. The molecule has 0 spiro atoms. The van der Waals surface area contributed by atoms with Crippen LogP contribution in [0.3, 0.4) is 0 Å². The third-order valence-corrected chi connectivity index (χ3v) is 2.93. The van der Waals surface area contributed by atoms with E-state index >= 15 is 0 Å². The summed E-state index contributed by atoms with van der Waals surface area (Å²) < 4.78 is 6.67. The van der Waals surface area contributed by atoms with Crippen LogP contribution < -0.4 is 10.2 Å². The zero-order chi connectivity index (χ0) is 13.4. The van der Waals surface area contributed by atoms with Gasteiger partial charge in [-0.05, 0) is 24.3 Å². The average molecular weight is 256 g/mol. The number of rotatable bonds is 2. The Morgan fingerprint density at radius 1 is 1.26 bits per heavy atom. The van der Waals surface area contributed by atoms with Crippen molar-refractivity contribution < 1.29 is 4.74 Å². The van der Waals surface area contributed by atoms with E-state index in [0.29, 0.717) is 16.7 Å². The number of ether oxygens (including phenoxy) is 1. The number of benzene rings is 1. The third kappa shape index (κ3) is 1.87. The minimum atomic E-state index is -0.132. The van der Waals surface area contributed by atoms with Crippen LogP contribution in [0, 0.1) is 0 Å². The Bertz CT molecular complexity index is 787. The van der Waals surface area contributed by atoms with Gasteiger partial charge >= 0.3 is 0 Å². The van der Waals surface area contributed by atoms with Crippen LogP contribution in [0.1, 0.15) is 0 Å². The maximum absolute atomic E-state index is 12.3. The number of H-pyrrole nitrogens is 1. The molecule has 0 aliphatic rings. The van der Waals surface area contributed by atoms with E-state index in [9.17, 15) is 4.79 Å². The summed E-state index contributed by atoms with van der Waals surface area (Å²) in [7, 11) is 3.36. The summed E-state index contributed by atoms with van der Waals surface area (Å²) in [5.41, 5.74) is 1.48. The van der Waals surface area contributed by atoms with Gasteiger partial charge in [0.05, 0.1) is 12.5 Å². The van der Waals surface area contributed by atoms with Gasteiger partial charge in [0.15, 0.2) is 5.65 Å². The fraction of sp³-hybridized carbons (Fsp3) is 0.154. The second kappa shape index (κ2) is 4.24. The summed E-state index contributed by atoms with van der Waals surface area (Å²) in [5, 5.41) is 11.5. The highest BCUT2D eigenvalue weighted by Gasteiger charge is 2.11. The Morgan fingerprint density at radius 2 is 2.00 bits per heavy atom. The first-order valence-corrected chi connectivity index (χ1v) is 5.75. The first-order chi connectivity index (χ1) is 9.19. The molecule has 0 aliphatic carbocycles. The summed E-state index contributed by atoms with van der Waals surface area (Å²) in [6.45, 7) is 0. The molecule has 1 N–H and O–H groups in total. The van der Waals surface area contributed by atoms with Crippen molar-refractivity contribution in [3.05, 3.63) is 40.7 Å². The molecule has 0 saturated heterocycles. The van der Waals surface area contributed by atoms with Crippen LogP contribution in [0.15, 0.2) is 35.3 Å². The number of aromatic nitrogens is 4. The predicted octanol–water partition coefficient (Wildman–Crippen LogP) is 1.33.